The van der Waals surface area contributed by atoms with E-state index in [1.165, 1.54) is 29.8 Å². The molecule has 2 rings (SSSR count). The van der Waals surface area contributed by atoms with Gasteiger partial charge in [0.2, 0.25) is 0 Å². The average Bonchev–Trinajstić information content (AvgIpc) is 2.34. The van der Waals surface area contributed by atoms with E-state index < -0.39 is 0 Å². The Labute approximate surface area is 115 Å². The topological polar surface area (TPSA) is 38.0 Å². The number of nitrogens with one attached hydrogen (secondary N) is 1. The first-order valence-corrected chi connectivity index (χ1v) is 7.82. The van der Waals surface area contributed by atoms with Gasteiger partial charge in [-0.15, -0.1) is 11.8 Å². The van der Waals surface area contributed by atoms with Crippen molar-refractivity contribution in [2.24, 2.45) is 5.73 Å². The summed E-state index contributed by atoms with van der Waals surface area (Å²) in [5.41, 5.74) is 7.36. The van der Waals surface area contributed by atoms with Crippen LogP contribution in [0.2, 0.25) is 0 Å². The first-order chi connectivity index (χ1) is 8.65. The highest BCUT2D eigenvalue weighted by Crippen LogP contribution is 2.26. The minimum Gasteiger partial charge on any atom is -0.381 e. The number of hydrogen-bond acceptors (Lipinski definition) is 3. The second-order valence-corrected chi connectivity index (χ2v) is 7.04. The summed E-state index contributed by atoms with van der Waals surface area (Å²) in [6, 6.07) is 9.49. The van der Waals surface area contributed by atoms with Crippen LogP contribution in [0.5, 0.6) is 0 Å². The van der Waals surface area contributed by atoms with Gasteiger partial charge in [0.25, 0.3) is 0 Å². The van der Waals surface area contributed by atoms with E-state index in [-0.39, 0.29) is 0 Å². The highest BCUT2D eigenvalue weighted by atomic mass is 32.2. The Balaban J connectivity index is 1.93. The van der Waals surface area contributed by atoms with Gasteiger partial charge in [-0.25, -0.2) is 0 Å². The smallest absolute Gasteiger partial charge is 0.0412 e. The number of rotatable bonds is 4. The summed E-state index contributed by atoms with van der Waals surface area (Å²) in [6.07, 6.45) is 4.93. The molecule has 1 aliphatic carbocycles. The van der Waals surface area contributed by atoms with Crippen LogP contribution >= 0.6 is 11.8 Å². The average molecular weight is 264 g/mol. The molecule has 3 N–H and O–H groups in total. The molecule has 2 unspecified atom stereocenters. The summed E-state index contributed by atoms with van der Waals surface area (Å²) < 4.78 is 0. The van der Waals surface area contributed by atoms with Crippen molar-refractivity contribution in [1.82, 2.24) is 0 Å². The Bertz CT molecular complexity index is 361. The summed E-state index contributed by atoms with van der Waals surface area (Å²) in [5.74, 6) is 0. The molecule has 3 heteroatoms. The van der Waals surface area contributed by atoms with Crippen molar-refractivity contribution in [3.05, 3.63) is 24.3 Å². The third-order valence-electron chi connectivity index (χ3n) is 3.40. The van der Waals surface area contributed by atoms with Crippen molar-refractivity contribution >= 4 is 17.4 Å². The largest absolute Gasteiger partial charge is 0.381 e. The fourth-order valence-corrected chi connectivity index (χ4v) is 3.29. The second-order valence-electron chi connectivity index (χ2n) is 5.39. The van der Waals surface area contributed by atoms with Crippen LogP contribution in [0.25, 0.3) is 0 Å². The van der Waals surface area contributed by atoms with Crippen molar-refractivity contribution in [1.29, 1.82) is 0 Å². The van der Waals surface area contributed by atoms with Crippen LogP contribution in [0.15, 0.2) is 29.2 Å². The molecule has 0 heterocycles. The molecule has 1 aromatic carbocycles. The van der Waals surface area contributed by atoms with Gasteiger partial charge in [0.05, 0.1) is 0 Å². The van der Waals surface area contributed by atoms with E-state index in [2.05, 4.69) is 43.4 Å². The molecule has 0 bridgehead atoms. The van der Waals surface area contributed by atoms with Crippen LogP contribution in [0, 0.1) is 0 Å². The number of nitrogens with two attached hydrogens (primary N) is 1. The molecule has 0 amide bonds. The van der Waals surface area contributed by atoms with Crippen molar-refractivity contribution < 1.29 is 0 Å². The molecular formula is C15H24N2S. The zero-order valence-electron chi connectivity index (χ0n) is 11.4. The Morgan fingerprint density at radius 3 is 2.44 bits per heavy atom. The molecule has 2 atom stereocenters. The monoisotopic (exact) mass is 264 g/mol. The van der Waals surface area contributed by atoms with Gasteiger partial charge in [-0.05, 0) is 37.1 Å². The maximum Gasteiger partial charge on any atom is 0.0412 e. The molecule has 2 nitrogen and oxygen atoms in total. The summed E-state index contributed by atoms with van der Waals surface area (Å²) in [7, 11) is 0. The lowest BCUT2D eigenvalue weighted by atomic mass is 9.91. The van der Waals surface area contributed by atoms with Crippen molar-refractivity contribution in [3.63, 3.8) is 0 Å². The minimum atomic E-state index is 0.309. The number of benzene rings is 1. The molecule has 0 radical (unpaired) electrons. The molecular weight excluding hydrogens is 240 g/mol. The first-order valence-electron chi connectivity index (χ1n) is 6.94. The highest BCUT2D eigenvalue weighted by Gasteiger charge is 2.21. The number of thioether (sulfide) groups is 1. The van der Waals surface area contributed by atoms with Crippen LogP contribution in [0.1, 0.15) is 39.5 Å². The Kier molecular flexibility index (Phi) is 4.95. The maximum atomic E-state index is 6.16. The zero-order valence-corrected chi connectivity index (χ0v) is 12.2. The van der Waals surface area contributed by atoms with E-state index in [0.29, 0.717) is 17.3 Å². The second kappa shape index (κ2) is 6.48. The van der Waals surface area contributed by atoms with E-state index in [1.54, 1.807) is 0 Å². The Morgan fingerprint density at radius 2 is 1.83 bits per heavy atom. The van der Waals surface area contributed by atoms with E-state index in [1.807, 2.05) is 11.8 Å². The van der Waals surface area contributed by atoms with Crippen molar-refractivity contribution in [2.75, 3.05) is 5.32 Å². The standard InChI is InChI=1S/C15H24N2S/c1-11(2)18-13-9-7-12(8-10-13)17-15-6-4-3-5-14(15)16/h7-11,14-15,17H,3-6,16H2,1-2H3. The lowest BCUT2D eigenvalue weighted by molar-refractivity contribution is 0.404. The van der Waals surface area contributed by atoms with Gasteiger partial charge < -0.3 is 11.1 Å². The summed E-state index contributed by atoms with van der Waals surface area (Å²) in [4.78, 5) is 1.34. The van der Waals surface area contributed by atoms with Gasteiger partial charge in [-0.3, -0.25) is 0 Å². The lowest BCUT2D eigenvalue weighted by Gasteiger charge is -2.30. The molecule has 0 aliphatic heterocycles. The molecule has 1 aliphatic rings. The van der Waals surface area contributed by atoms with Crippen LogP contribution in [-0.4, -0.2) is 17.3 Å². The van der Waals surface area contributed by atoms with Gasteiger partial charge in [0.1, 0.15) is 0 Å². The SMILES string of the molecule is CC(C)Sc1ccc(NC2CCCCC2N)cc1. The Morgan fingerprint density at radius 1 is 1.17 bits per heavy atom. The quantitative estimate of drug-likeness (QED) is 0.811. The van der Waals surface area contributed by atoms with E-state index >= 15 is 0 Å². The number of anilines is 1. The molecule has 1 saturated carbocycles. The zero-order chi connectivity index (χ0) is 13.0. The van der Waals surface area contributed by atoms with Gasteiger partial charge in [-0.1, -0.05) is 26.7 Å². The van der Waals surface area contributed by atoms with Crippen molar-refractivity contribution in [2.45, 2.75) is 61.8 Å². The fourth-order valence-electron chi connectivity index (χ4n) is 2.45. The summed E-state index contributed by atoms with van der Waals surface area (Å²) in [5, 5.41) is 4.21. The number of hydrogen-bond donors (Lipinski definition) is 2. The van der Waals surface area contributed by atoms with Gasteiger partial charge in [0.15, 0.2) is 0 Å². The third kappa shape index (κ3) is 3.92. The molecule has 1 aromatic rings. The molecule has 0 saturated heterocycles. The predicted molar refractivity (Wildman–Crippen MR) is 81.3 cm³/mol. The third-order valence-corrected chi connectivity index (χ3v) is 4.41. The van der Waals surface area contributed by atoms with Gasteiger partial charge >= 0.3 is 0 Å². The Hall–Kier alpha value is -0.670. The lowest BCUT2D eigenvalue weighted by Crippen LogP contribution is -2.42. The fraction of sp³-hybridized carbons (Fsp3) is 0.600. The predicted octanol–water partition coefficient (Wildman–Crippen LogP) is 3.87. The van der Waals surface area contributed by atoms with E-state index in [0.717, 1.165) is 6.42 Å². The molecule has 1 fully saturated rings. The minimum absolute atomic E-state index is 0.309. The first kappa shape index (κ1) is 13.8. The summed E-state index contributed by atoms with van der Waals surface area (Å²) >= 11 is 1.90. The van der Waals surface area contributed by atoms with Crippen LogP contribution in [-0.2, 0) is 0 Å². The normalized spacial score (nSPS) is 24.2. The highest BCUT2D eigenvalue weighted by molar-refractivity contribution is 7.99. The van der Waals surface area contributed by atoms with Crippen LogP contribution < -0.4 is 11.1 Å². The van der Waals surface area contributed by atoms with Crippen molar-refractivity contribution in [3.8, 4) is 0 Å². The molecule has 0 spiro atoms. The van der Waals surface area contributed by atoms with Crippen LogP contribution in [0.4, 0.5) is 5.69 Å². The maximum absolute atomic E-state index is 6.16. The summed E-state index contributed by atoms with van der Waals surface area (Å²) in [6.45, 7) is 4.44. The van der Waals surface area contributed by atoms with Crippen LogP contribution in [0.3, 0.4) is 0 Å². The molecule has 0 aromatic heterocycles. The van der Waals surface area contributed by atoms with Gasteiger partial charge in [-0.2, -0.15) is 0 Å². The molecule has 18 heavy (non-hydrogen) atoms. The van der Waals surface area contributed by atoms with E-state index in [4.69, 9.17) is 5.73 Å². The van der Waals surface area contributed by atoms with Gasteiger partial charge in [0, 0.05) is 27.9 Å². The molecule has 100 valence electrons. The van der Waals surface area contributed by atoms with E-state index in [9.17, 15) is 0 Å².